The second-order valence-corrected chi connectivity index (χ2v) is 6.16. The third-order valence-electron chi connectivity index (χ3n) is 3.56. The van der Waals surface area contributed by atoms with Crippen molar-refractivity contribution in [1.29, 1.82) is 0 Å². The van der Waals surface area contributed by atoms with Crippen molar-refractivity contribution < 1.29 is 9.90 Å². The number of halogens is 1. The van der Waals surface area contributed by atoms with Crippen molar-refractivity contribution in [2.75, 3.05) is 25.0 Å². The Morgan fingerprint density at radius 1 is 1.33 bits per heavy atom. The maximum absolute atomic E-state index is 11.1. The molecular weight excluding hydrogens is 332 g/mol. The molecule has 1 rings (SSSR count). The summed E-state index contributed by atoms with van der Waals surface area (Å²) in [6.45, 7) is 9.78. The minimum Gasteiger partial charge on any atom is -0.478 e. The fraction of sp³-hybridized carbons (Fsp3) is 0.562. The highest BCUT2D eigenvalue weighted by molar-refractivity contribution is 9.10. The second kappa shape index (κ2) is 9.05. The molecule has 0 fully saturated rings. The summed E-state index contributed by atoms with van der Waals surface area (Å²) >= 11 is 3.35. The number of aromatic carboxylic acids is 1. The first-order valence-electron chi connectivity index (χ1n) is 7.49. The van der Waals surface area contributed by atoms with E-state index in [0.717, 1.165) is 42.6 Å². The molecule has 1 atom stereocenters. The van der Waals surface area contributed by atoms with Crippen LogP contribution in [0.4, 0.5) is 5.69 Å². The molecule has 21 heavy (non-hydrogen) atoms. The number of anilines is 1. The van der Waals surface area contributed by atoms with E-state index in [1.54, 1.807) is 12.1 Å². The van der Waals surface area contributed by atoms with Crippen LogP contribution in [-0.4, -0.2) is 41.7 Å². The molecule has 5 heteroatoms. The number of carbonyl (C=O) groups is 1. The first-order valence-corrected chi connectivity index (χ1v) is 8.28. The van der Waals surface area contributed by atoms with Crippen LogP contribution in [0.2, 0.25) is 0 Å². The van der Waals surface area contributed by atoms with E-state index in [4.69, 9.17) is 5.11 Å². The largest absolute Gasteiger partial charge is 0.478 e. The fourth-order valence-corrected chi connectivity index (χ4v) is 2.81. The lowest BCUT2D eigenvalue weighted by atomic mass is 10.1. The summed E-state index contributed by atoms with van der Waals surface area (Å²) in [5, 5.41) is 12.4. The topological polar surface area (TPSA) is 52.6 Å². The Bertz CT molecular complexity index is 462. The zero-order valence-electron chi connectivity index (χ0n) is 13.0. The van der Waals surface area contributed by atoms with Crippen molar-refractivity contribution in [3.8, 4) is 0 Å². The number of rotatable bonds is 9. The highest BCUT2D eigenvalue weighted by atomic mass is 79.9. The summed E-state index contributed by atoms with van der Waals surface area (Å²) in [6, 6.07) is 5.51. The predicted octanol–water partition coefficient (Wildman–Crippen LogP) is 4.07. The normalized spacial score (nSPS) is 12.4. The molecule has 0 heterocycles. The molecule has 118 valence electrons. The van der Waals surface area contributed by atoms with Gasteiger partial charge in [-0.05, 0) is 57.6 Å². The van der Waals surface area contributed by atoms with Gasteiger partial charge in [0, 0.05) is 16.2 Å². The molecule has 0 aliphatic rings. The lowest BCUT2D eigenvalue weighted by molar-refractivity contribution is 0.0697. The van der Waals surface area contributed by atoms with Crippen LogP contribution in [0.3, 0.4) is 0 Å². The van der Waals surface area contributed by atoms with Crippen molar-refractivity contribution in [3.05, 3.63) is 28.2 Å². The number of carboxylic acids is 1. The summed E-state index contributed by atoms with van der Waals surface area (Å²) < 4.78 is 0.778. The molecule has 0 saturated heterocycles. The standard InChI is InChI=1S/C16H25BrN2O2/c1-4-19(5-2)8-6-7-12(3)18-15-10-13(16(20)21)9-14(17)11-15/h9-12,18H,4-8H2,1-3H3,(H,20,21). The van der Waals surface area contributed by atoms with Gasteiger partial charge in [0.2, 0.25) is 0 Å². The van der Waals surface area contributed by atoms with Crippen LogP contribution in [0.5, 0.6) is 0 Å². The van der Waals surface area contributed by atoms with E-state index < -0.39 is 5.97 Å². The Kier molecular flexibility index (Phi) is 7.75. The Labute approximate surface area is 135 Å². The van der Waals surface area contributed by atoms with Crippen LogP contribution in [0.1, 0.15) is 44.0 Å². The van der Waals surface area contributed by atoms with E-state index >= 15 is 0 Å². The van der Waals surface area contributed by atoms with Gasteiger partial charge in [-0.3, -0.25) is 0 Å². The van der Waals surface area contributed by atoms with Crippen LogP contribution in [-0.2, 0) is 0 Å². The number of carboxylic acid groups (broad SMARTS) is 1. The smallest absolute Gasteiger partial charge is 0.335 e. The third kappa shape index (κ3) is 6.48. The van der Waals surface area contributed by atoms with Crippen LogP contribution in [0.15, 0.2) is 22.7 Å². The molecule has 4 nitrogen and oxygen atoms in total. The van der Waals surface area contributed by atoms with Crippen molar-refractivity contribution in [3.63, 3.8) is 0 Å². The molecular formula is C16H25BrN2O2. The summed E-state index contributed by atoms with van der Waals surface area (Å²) in [4.78, 5) is 13.5. The SMILES string of the molecule is CCN(CC)CCCC(C)Nc1cc(Br)cc(C(=O)O)c1. The first kappa shape index (κ1) is 18.0. The third-order valence-corrected chi connectivity index (χ3v) is 4.02. The van der Waals surface area contributed by atoms with E-state index in [0.29, 0.717) is 11.6 Å². The van der Waals surface area contributed by atoms with Gasteiger partial charge in [0.05, 0.1) is 5.56 Å². The van der Waals surface area contributed by atoms with E-state index in [2.05, 4.69) is 46.9 Å². The average Bonchev–Trinajstić information content (AvgIpc) is 2.43. The van der Waals surface area contributed by atoms with Crippen molar-refractivity contribution in [1.82, 2.24) is 4.90 Å². The van der Waals surface area contributed by atoms with Gasteiger partial charge in [-0.25, -0.2) is 4.79 Å². The molecule has 0 spiro atoms. The number of nitrogens with one attached hydrogen (secondary N) is 1. The Hall–Kier alpha value is -1.07. The Balaban J connectivity index is 2.51. The molecule has 1 aromatic rings. The molecule has 0 aromatic heterocycles. The van der Waals surface area contributed by atoms with Crippen molar-refractivity contribution in [2.24, 2.45) is 0 Å². The molecule has 0 aliphatic carbocycles. The maximum Gasteiger partial charge on any atom is 0.335 e. The highest BCUT2D eigenvalue weighted by Gasteiger charge is 2.08. The minimum atomic E-state index is -0.909. The van der Waals surface area contributed by atoms with Crippen LogP contribution in [0.25, 0.3) is 0 Å². The quantitative estimate of drug-likeness (QED) is 0.700. The highest BCUT2D eigenvalue weighted by Crippen LogP contribution is 2.21. The van der Waals surface area contributed by atoms with Gasteiger partial charge in [-0.1, -0.05) is 29.8 Å². The van der Waals surface area contributed by atoms with Crippen molar-refractivity contribution >= 4 is 27.6 Å². The molecule has 0 saturated carbocycles. The molecule has 1 aromatic carbocycles. The van der Waals surface area contributed by atoms with Crippen LogP contribution in [0, 0.1) is 0 Å². The Morgan fingerprint density at radius 2 is 2.00 bits per heavy atom. The number of nitrogens with zero attached hydrogens (tertiary/aromatic N) is 1. The maximum atomic E-state index is 11.1. The summed E-state index contributed by atoms with van der Waals surface area (Å²) in [5.41, 5.74) is 1.14. The lowest BCUT2D eigenvalue weighted by Gasteiger charge is -2.20. The zero-order chi connectivity index (χ0) is 15.8. The first-order chi connectivity index (χ1) is 9.96. The van der Waals surface area contributed by atoms with Gasteiger partial charge in [0.1, 0.15) is 0 Å². The van der Waals surface area contributed by atoms with Gasteiger partial charge >= 0.3 is 5.97 Å². The summed E-state index contributed by atoms with van der Waals surface area (Å²) in [6.07, 6.45) is 2.20. The van der Waals surface area contributed by atoms with Gasteiger partial charge in [-0.15, -0.1) is 0 Å². The van der Waals surface area contributed by atoms with Gasteiger partial charge in [-0.2, -0.15) is 0 Å². The lowest BCUT2D eigenvalue weighted by Crippen LogP contribution is -2.25. The van der Waals surface area contributed by atoms with Gasteiger partial charge in [0.15, 0.2) is 0 Å². The monoisotopic (exact) mass is 356 g/mol. The zero-order valence-corrected chi connectivity index (χ0v) is 14.6. The molecule has 0 aliphatic heterocycles. The van der Waals surface area contributed by atoms with Crippen molar-refractivity contribution in [2.45, 2.75) is 39.7 Å². The van der Waals surface area contributed by atoms with E-state index in [1.165, 1.54) is 0 Å². The van der Waals surface area contributed by atoms with E-state index in [9.17, 15) is 4.79 Å². The Morgan fingerprint density at radius 3 is 2.57 bits per heavy atom. The molecule has 0 amide bonds. The van der Waals surface area contributed by atoms with E-state index in [1.807, 2.05) is 6.07 Å². The summed E-state index contributed by atoms with van der Waals surface area (Å²) in [7, 11) is 0. The number of hydrogen-bond acceptors (Lipinski definition) is 3. The molecule has 0 bridgehead atoms. The molecule has 0 radical (unpaired) electrons. The minimum absolute atomic E-state index is 0.294. The molecule has 2 N–H and O–H groups in total. The van der Waals surface area contributed by atoms with E-state index in [-0.39, 0.29) is 0 Å². The number of hydrogen-bond donors (Lipinski definition) is 2. The van der Waals surface area contributed by atoms with Gasteiger partial charge < -0.3 is 15.3 Å². The fourth-order valence-electron chi connectivity index (χ4n) is 2.31. The van der Waals surface area contributed by atoms with Gasteiger partial charge in [0.25, 0.3) is 0 Å². The number of benzene rings is 1. The second-order valence-electron chi connectivity index (χ2n) is 5.25. The summed E-state index contributed by atoms with van der Waals surface area (Å²) in [5.74, 6) is -0.909. The van der Waals surface area contributed by atoms with Crippen LogP contribution >= 0.6 is 15.9 Å². The van der Waals surface area contributed by atoms with Crippen LogP contribution < -0.4 is 5.32 Å². The average molecular weight is 357 g/mol. The molecule has 1 unspecified atom stereocenters. The predicted molar refractivity (Wildman–Crippen MR) is 91.2 cm³/mol.